The Hall–Kier alpha value is -1.59. The smallest absolute Gasteiger partial charge is 0.244 e. The van der Waals surface area contributed by atoms with Gasteiger partial charge < -0.3 is 14.4 Å². The van der Waals surface area contributed by atoms with Crippen molar-refractivity contribution in [2.75, 3.05) is 27.4 Å². The normalized spacial score (nSPS) is 23.4. The molecule has 1 aliphatic carbocycles. The Morgan fingerprint density at radius 1 is 1.30 bits per heavy atom. The van der Waals surface area contributed by atoms with Crippen molar-refractivity contribution in [2.45, 2.75) is 24.5 Å². The Labute approximate surface area is 118 Å². The molecular formula is C15H20N2O3. The molecule has 2 fully saturated rings. The van der Waals surface area contributed by atoms with Gasteiger partial charge >= 0.3 is 0 Å². The Morgan fingerprint density at radius 3 is 2.55 bits per heavy atom. The minimum atomic E-state index is -0.307. The fourth-order valence-corrected chi connectivity index (χ4v) is 2.75. The SMILES string of the molecule is COCCN1C(=O)C2(CC2)NC1c1ccc(OC)cc1. The summed E-state index contributed by atoms with van der Waals surface area (Å²) in [6.07, 6.45) is 1.80. The molecule has 0 aromatic heterocycles. The summed E-state index contributed by atoms with van der Waals surface area (Å²) in [5.74, 6) is 1.03. The first kappa shape index (κ1) is 13.4. The van der Waals surface area contributed by atoms with Gasteiger partial charge in [0.25, 0.3) is 0 Å². The lowest BCUT2D eigenvalue weighted by Gasteiger charge is -2.24. The van der Waals surface area contributed by atoms with Crippen molar-refractivity contribution >= 4 is 5.91 Å². The van der Waals surface area contributed by atoms with Crippen LogP contribution >= 0.6 is 0 Å². The van der Waals surface area contributed by atoms with E-state index < -0.39 is 0 Å². The molecule has 0 radical (unpaired) electrons. The Kier molecular flexibility index (Phi) is 3.40. The highest BCUT2D eigenvalue weighted by Gasteiger charge is 2.59. The van der Waals surface area contributed by atoms with E-state index >= 15 is 0 Å². The number of nitrogens with zero attached hydrogens (tertiary/aromatic N) is 1. The molecule has 1 saturated heterocycles. The highest BCUT2D eigenvalue weighted by atomic mass is 16.5. The number of carbonyl (C=O) groups excluding carboxylic acids is 1. The lowest BCUT2D eigenvalue weighted by Crippen LogP contribution is -2.34. The molecule has 1 saturated carbocycles. The van der Waals surface area contributed by atoms with Gasteiger partial charge in [-0.3, -0.25) is 10.1 Å². The molecule has 3 rings (SSSR count). The van der Waals surface area contributed by atoms with Crippen LogP contribution in [0.15, 0.2) is 24.3 Å². The highest BCUT2D eigenvalue weighted by Crippen LogP contribution is 2.45. The predicted octanol–water partition coefficient (Wildman–Crippen LogP) is 1.30. The molecule has 5 heteroatoms. The lowest BCUT2D eigenvalue weighted by atomic mass is 10.1. The summed E-state index contributed by atoms with van der Waals surface area (Å²) in [5.41, 5.74) is 0.775. The van der Waals surface area contributed by atoms with Crippen LogP contribution < -0.4 is 10.1 Å². The average Bonchev–Trinajstić information content (AvgIpc) is 3.21. The lowest BCUT2D eigenvalue weighted by molar-refractivity contribution is -0.131. The van der Waals surface area contributed by atoms with Gasteiger partial charge in [-0.1, -0.05) is 12.1 Å². The van der Waals surface area contributed by atoms with E-state index in [1.165, 1.54) is 0 Å². The standard InChI is InChI=1S/C15H20N2O3/c1-19-10-9-17-13(16-15(7-8-15)14(17)18)11-3-5-12(20-2)6-4-11/h3-6,13,16H,7-10H2,1-2H3. The molecule has 0 bridgehead atoms. The van der Waals surface area contributed by atoms with Crippen LogP contribution in [-0.2, 0) is 9.53 Å². The van der Waals surface area contributed by atoms with E-state index in [9.17, 15) is 4.79 Å². The third-order valence-electron chi connectivity index (χ3n) is 4.11. The van der Waals surface area contributed by atoms with Gasteiger partial charge in [0, 0.05) is 13.7 Å². The molecule has 108 valence electrons. The van der Waals surface area contributed by atoms with Gasteiger partial charge in [-0.25, -0.2) is 0 Å². The monoisotopic (exact) mass is 276 g/mol. The molecule has 1 aromatic rings. The highest BCUT2D eigenvalue weighted by molar-refractivity contribution is 5.92. The van der Waals surface area contributed by atoms with Crippen LogP contribution in [0, 0.1) is 0 Å². The first-order valence-corrected chi connectivity index (χ1v) is 6.92. The third kappa shape index (κ3) is 2.17. The number of methoxy groups -OCH3 is 2. The molecule has 1 amide bonds. The van der Waals surface area contributed by atoms with Crippen molar-refractivity contribution in [3.8, 4) is 5.75 Å². The number of hydrogen-bond acceptors (Lipinski definition) is 4. The summed E-state index contributed by atoms with van der Waals surface area (Å²) < 4.78 is 10.3. The minimum Gasteiger partial charge on any atom is -0.497 e. The second-order valence-corrected chi connectivity index (χ2v) is 5.39. The van der Waals surface area contributed by atoms with E-state index in [0.717, 1.165) is 24.2 Å². The van der Waals surface area contributed by atoms with Crippen molar-refractivity contribution < 1.29 is 14.3 Å². The zero-order valence-electron chi connectivity index (χ0n) is 11.9. The van der Waals surface area contributed by atoms with E-state index in [4.69, 9.17) is 9.47 Å². The second kappa shape index (κ2) is 5.07. The zero-order valence-corrected chi connectivity index (χ0v) is 11.9. The summed E-state index contributed by atoms with van der Waals surface area (Å²) in [7, 11) is 3.31. The van der Waals surface area contributed by atoms with Crippen LogP contribution in [0.25, 0.3) is 0 Å². The van der Waals surface area contributed by atoms with Crippen LogP contribution in [0.2, 0.25) is 0 Å². The fraction of sp³-hybridized carbons (Fsp3) is 0.533. The van der Waals surface area contributed by atoms with Gasteiger partial charge in [-0.05, 0) is 30.5 Å². The maximum absolute atomic E-state index is 12.5. The van der Waals surface area contributed by atoms with Crippen molar-refractivity contribution in [1.29, 1.82) is 0 Å². The van der Waals surface area contributed by atoms with Crippen LogP contribution in [0.4, 0.5) is 0 Å². The number of benzene rings is 1. The van der Waals surface area contributed by atoms with Gasteiger partial charge in [-0.2, -0.15) is 0 Å². The first-order chi connectivity index (χ1) is 9.70. The quantitative estimate of drug-likeness (QED) is 0.881. The average molecular weight is 276 g/mol. The number of rotatable bonds is 5. The van der Waals surface area contributed by atoms with Crippen LogP contribution in [-0.4, -0.2) is 43.7 Å². The number of carbonyl (C=O) groups is 1. The van der Waals surface area contributed by atoms with Crippen molar-refractivity contribution in [2.24, 2.45) is 0 Å². The van der Waals surface area contributed by atoms with E-state index in [0.29, 0.717) is 13.2 Å². The van der Waals surface area contributed by atoms with Crippen LogP contribution in [0.1, 0.15) is 24.6 Å². The second-order valence-electron chi connectivity index (χ2n) is 5.39. The number of ether oxygens (including phenoxy) is 2. The Balaban J connectivity index is 1.83. The van der Waals surface area contributed by atoms with Gasteiger partial charge in [0.2, 0.25) is 5.91 Å². The maximum Gasteiger partial charge on any atom is 0.244 e. The summed E-state index contributed by atoms with van der Waals surface area (Å²) >= 11 is 0. The molecule has 1 aromatic carbocycles. The molecular weight excluding hydrogens is 256 g/mol. The summed E-state index contributed by atoms with van der Waals surface area (Å²) in [5, 5.41) is 3.48. The van der Waals surface area contributed by atoms with Gasteiger partial charge in [0.1, 0.15) is 17.5 Å². The molecule has 1 aliphatic heterocycles. The molecule has 2 aliphatic rings. The maximum atomic E-state index is 12.5. The summed E-state index contributed by atoms with van der Waals surface area (Å²) in [4.78, 5) is 14.4. The molecule has 1 spiro atoms. The zero-order chi connectivity index (χ0) is 14.2. The fourth-order valence-electron chi connectivity index (χ4n) is 2.75. The minimum absolute atomic E-state index is 0.0638. The number of amides is 1. The topological polar surface area (TPSA) is 50.8 Å². The number of nitrogens with one attached hydrogen (secondary N) is 1. The largest absolute Gasteiger partial charge is 0.497 e. The van der Waals surface area contributed by atoms with E-state index in [2.05, 4.69) is 5.32 Å². The third-order valence-corrected chi connectivity index (χ3v) is 4.11. The first-order valence-electron chi connectivity index (χ1n) is 6.92. The Bertz CT molecular complexity index is 496. The molecule has 1 atom stereocenters. The van der Waals surface area contributed by atoms with Crippen molar-refractivity contribution in [1.82, 2.24) is 10.2 Å². The summed E-state index contributed by atoms with van der Waals surface area (Å²) in [6, 6.07) is 7.86. The van der Waals surface area contributed by atoms with Gasteiger partial charge in [0.15, 0.2) is 0 Å². The van der Waals surface area contributed by atoms with E-state index in [-0.39, 0.29) is 17.6 Å². The predicted molar refractivity (Wildman–Crippen MR) is 74.4 cm³/mol. The van der Waals surface area contributed by atoms with Crippen molar-refractivity contribution in [3.05, 3.63) is 29.8 Å². The van der Waals surface area contributed by atoms with Crippen molar-refractivity contribution in [3.63, 3.8) is 0 Å². The molecule has 5 nitrogen and oxygen atoms in total. The van der Waals surface area contributed by atoms with Gasteiger partial charge in [0.05, 0.1) is 13.7 Å². The van der Waals surface area contributed by atoms with Gasteiger partial charge in [-0.15, -0.1) is 0 Å². The molecule has 1 heterocycles. The van der Waals surface area contributed by atoms with E-state index in [1.807, 2.05) is 29.2 Å². The number of hydrogen-bond donors (Lipinski definition) is 1. The van der Waals surface area contributed by atoms with Crippen LogP contribution in [0.3, 0.4) is 0 Å². The Morgan fingerprint density at radius 2 is 2.00 bits per heavy atom. The summed E-state index contributed by atoms with van der Waals surface area (Å²) in [6.45, 7) is 1.16. The molecule has 1 unspecified atom stereocenters. The van der Waals surface area contributed by atoms with E-state index in [1.54, 1.807) is 14.2 Å². The van der Waals surface area contributed by atoms with Crippen LogP contribution in [0.5, 0.6) is 5.75 Å². The molecule has 20 heavy (non-hydrogen) atoms. The molecule has 1 N–H and O–H groups in total.